The van der Waals surface area contributed by atoms with E-state index in [1.807, 2.05) is 0 Å². The van der Waals surface area contributed by atoms with Crippen LogP contribution in [0.4, 0.5) is 0 Å². The second-order valence-corrected chi connectivity index (χ2v) is 5.24. The minimum absolute atomic E-state index is 0.345. The summed E-state index contributed by atoms with van der Waals surface area (Å²) >= 11 is 0. The summed E-state index contributed by atoms with van der Waals surface area (Å²) in [4.78, 5) is 0. The Morgan fingerprint density at radius 3 is 2.82 bits per heavy atom. The lowest BCUT2D eigenvalue weighted by Crippen LogP contribution is -2.49. The number of rotatable bonds is 4. The number of fused-ring (bicyclic) bond motifs is 1. The quantitative estimate of drug-likeness (QED) is 0.860. The fraction of sp³-hybridized carbons (Fsp3) is 0.600. The summed E-state index contributed by atoms with van der Waals surface area (Å²) in [6, 6.07) is 9.00. The molecule has 0 bridgehead atoms. The van der Waals surface area contributed by atoms with Crippen LogP contribution < -0.4 is 10.1 Å². The van der Waals surface area contributed by atoms with E-state index in [9.17, 15) is 0 Å². The maximum atomic E-state index is 6.12. The van der Waals surface area contributed by atoms with Gasteiger partial charge in [0, 0.05) is 12.5 Å². The van der Waals surface area contributed by atoms with Crippen molar-refractivity contribution in [2.24, 2.45) is 5.92 Å². The molecule has 2 atom stereocenters. The number of hydrogen-bond acceptors (Lipinski definition) is 2. The summed E-state index contributed by atoms with van der Waals surface area (Å²) in [5.41, 5.74) is 1.37. The van der Waals surface area contributed by atoms with Gasteiger partial charge in [-0.25, -0.2) is 0 Å². The molecule has 0 saturated heterocycles. The smallest absolute Gasteiger partial charge is 0.123 e. The molecular weight excluding hydrogens is 210 g/mol. The van der Waals surface area contributed by atoms with Gasteiger partial charge in [0.1, 0.15) is 11.9 Å². The van der Waals surface area contributed by atoms with Crippen molar-refractivity contribution >= 4 is 0 Å². The minimum Gasteiger partial charge on any atom is -0.488 e. The van der Waals surface area contributed by atoms with Crippen LogP contribution in [0.25, 0.3) is 0 Å². The minimum atomic E-state index is 0.345. The van der Waals surface area contributed by atoms with Crippen LogP contribution in [0.2, 0.25) is 0 Å². The molecule has 0 spiro atoms. The Bertz CT molecular complexity index is 361. The van der Waals surface area contributed by atoms with E-state index < -0.39 is 0 Å². The van der Waals surface area contributed by atoms with Crippen molar-refractivity contribution in [1.82, 2.24) is 5.32 Å². The molecule has 2 heteroatoms. The molecule has 1 aliphatic heterocycles. The van der Waals surface area contributed by atoms with E-state index in [1.54, 1.807) is 0 Å². The van der Waals surface area contributed by atoms with Crippen molar-refractivity contribution in [3.8, 4) is 5.75 Å². The van der Waals surface area contributed by atoms with Crippen LogP contribution >= 0.6 is 0 Å². The summed E-state index contributed by atoms with van der Waals surface area (Å²) in [6.07, 6.45) is 5.55. The zero-order valence-electron chi connectivity index (χ0n) is 10.5. The molecule has 1 saturated carbocycles. The average Bonchev–Trinajstić information content (AvgIpc) is 2.69. The van der Waals surface area contributed by atoms with Crippen molar-refractivity contribution in [2.45, 2.75) is 44.8 Å². The summed E-state index contributed by atoms with van der Waals surface area (Å²) in [5, 5.41) is 3.64. The lowest BCUT2D eigenvalue weighted by molar-refractivity contribution is 0.105. The normalized spacial score (nSPS) is 24.9. The van der Waals surface area contributed by atoms with Crippen molar-refractivity contribution in [3.05, 3.63) is 29.8 Å². The lowest BCUT2D eigenvalue weighted by Gasteiger charge is -2.37. The predicted molar refractivity (Wildman–Crippen MR) is 69.4 cm³/mol. The Morgan fingerprint density at radius 2 is 2.18 bits per heavy atom. The molecule has 2 unspecified atom stereocenters. The monoisotopic (exact) mass is 231 g/mol. The number of likely N-dealkylation sites (N-methyl/N-ethyl adjacent to an activating group) is 1. The molecule has 0 amide bonds. The van der Waals surface area contributed by atoms with Gasteiger partial charge < -0.3 is 10.1 Å². The van der Waals surface area contributed by atoms with E-state index in [0.717, 1.165) is 24.6 Å². The first-order valence-corrected chi connectivity index (χ1v) is 6.86. The van der Waals surface area contributed by atoms with Crippen LogP contribution in [0.5, 0.6) is 5.75 Å². The van der Waals surface area contributed by atoms with Gasteiger partial charge in [-0.1, -0.05) is 31.5 Å². The van der Waals surface area contributed by atoms with Crippen LogP contribution in [-0.2, 0) is 6.42 Å². The fourth-order valence-electron chi connectivity index (χ4n) is 3.05. The lowest BCUT2D eigenvalue weighted by atomic mass is 9.77. The highest BCUT2D eigenvalue weighted by Gasteiger charge is 2.37. The van der Waals surface area contributed by atoms with E-state index in [4.69, 9.17) is 4.74 Å². The van der Waals surface area contributed by atoms with Gasteiger partial charge in [-0.2, -0.15) is 0 Å². The highest BCUT2D eigenvalue weighted by molar-refractivity contribution is 5.37. The van der Waals surface area contributed by atoms with Crippen LogP contribution in [-0.4, -0.2) is 18.7 Å². The maximum Gasteiger partial charge on any atom is 0.123 e. The molecular formula is C15H21NO. The molecule has 1 aromatic carbocycles. The number of hydrogen-bond donors (Lipinski definition) is 1. The van der Waals surface area contributed by atoms with Gasteiger partial charge in [0.15, 0.2) is 0 Å². The summed E-state index contributed by atoms with van der Waals surface area (Å²) in [5.74, 6) is 1.92. The van der Waals surface area contributed by atoms with Crippen molar-refractivity contribution in [2.75, 3.05) is 6.54 Å². The van der Waals surface area contributed by atoms with Crippen molar-refractivity contribution in [1.29, 1.82) is 0 Å². The highest BCUT2D eigenvalue weighted by atomic mass is 16.5. The zero-order chi connectivity index (χ0) is 11.7. The molecule has 0 aromatic heterocycles. The second-order valence-electron chi connectivity index (χ2n) is 5.24. The Balaban J connectivity index is 1.72. The molecule has 2 nitrogen and oxygen atoms in total. The predicted octanol–water partition coefficient (Wildman–Crippen LogP) is 2.77. The number of benzene rings is 1. The Morgan fingerprint density at radius 1 is 1.35 bits per heavy atom. The van der Waals surface area contributed by atoms with Gasteiger partial charge in [-0.05, 0) is 36.9 Å². The molecule has 0 radical (unpaired) electrons. The third-order valence-corrected chi connectivity index (χ3v) is 4.17. The second kappa shape index (κ2) is 4.69. The van der Waals surface area contributed by atoms with Gasteiger partial charge in [0.25, 0.3) is 0 Å². The molecule has 17 heavy (non-hydrogen) atoms. The SMILES string of the molecule is CCNC(C1CCC1)C1Cc2ccccc2O1. The fourth-order valence-corrected chi connectivity index (χ4v) is 3.05. The summed E-state index contributed by atoms with van der Waals surface area (Å²) in [6.45, 7) is 3.23. The van der Waals surface area contributed by atoms with Gasteiger partial charge in [0.05, 0.1) is 0 Å². The number of ether oxygens (including phenoxy) is 1. The van der Waals surface area contributed by atoms with E-state index in [-0.39, 0.29) is 0 Å². The topological polar surface area (TPSA) is 21.3 Å². The van der Waals surface area contributed by atoms with Gasteiger partial charge in [-0.3, -0.25) is 0 Å². The molecule has 92 valence electrons. The maximum absolute atomic E-state index is 6.12. The Hall–Kier alpha value is -1.02. The first-order chi connectivity index (χ1) is 8.38. The third-order valence-electron chi connectivity index (χ3n) is 4.17. The van der Waals surface area contributed by atoms with Crippen molar-refractivity contribution in [3.63, 3.8) is 0 Å². The third kappa shape index (κ3) is 2.06. The standard InChI is InChI=1S/C15H21NO/c1-2-16-15(11-7-5-8-11)14-10-12-6-3-4-9-13(12)17-14/h3-4,6,9,11,14-16H,2,5,7-8,10H2,1H3. The molecule has 1 aliphatic carbocycles. The molecule has 1 heterocycles. The van der Waals surface area contributed by atoms with Gasteiger partial charge in [0.2, 0.25) is 0 Å². The van der Waals surface area contributed by atoms with E-state index in [1.165, 1.54) is 24.8 Å². The molecule has 3 rings (SSSR count). The summed E-state index contributed by atoms with van der Waals surface area (Å²) < 4.78 is 6.12. The zero-order valence-corrected chi connectivity index (χ0v) is 10.5. The first kappa shape index (κ1) is 11.1. The largest absolute Gasteiger partial charge is 0.488 e. The van der Waals surface area contributed by atoms with Crippen LogP contribution in [0, 0.1) is 5.92 Å². The number of nitrogens with one attached hydrogen (secondary N) is 1. The van der Waals surface area contributed by atoms with Crippen LogP contribution in [0.3, 0.4) is 0 Å². The van der Waals surface area contributed by atoms with Crippen LogP contribution in [0.15, 0.2) is 24.3 Å². The Labute approximate surface area is 103 Å². The van der Waals surface area contributed by atoms with E-state index in [2.05, 4.69) is 36.5 Å². The van der Waals surface area contributed by atoms with Gasteiger partial charge in [-0.15, -0.1) is 0 Å². The van der Waals surface area contributed by atoms with Gasteiger partial charge >= 0.3 is 0 Å². The molecule has 1 aromatic rings. The Kier molecular flexibility index (Phi) is 3.06. The molecule has 2 aliphatic rings. The summed E-state index contributed by atoms with van der Waals surface area (Å²) in [7, 11) is 0. The highest BCUT2D eigenvalue weighted by Crippen LogP contribution is 2.36. The number of para-hydroxylation sites is 1. The molecule has 1 N–H and O–H groups in total. The van der Waals surface area contributed by atoms with Crippen LogP contribution in [0.1, 0.15) is 31.7 Å². The molecule has 1 fully saturated rings. The average molecular weight is 231 g/mol. The van der Waals surface area contributed by atoms with E-state index >= 15 is 0 Å². The van der Waals surface area contributed by atoms with E-state index in [0.29, 0.717) is 12.1 Å². The first-order valence-electron chi connectivity index (χ1n) is 6.86. The van der Waals surface area contributed by atoms with Crippen molar-refractivity contribution < 1.29 is 4.74 Å².